The summed E-state index contributed by atoms with van der Waals surface area (Å²) in [7, 11) is 0.442. The van der Waals surface area contributed by atoms with E-state index in [4.69, 9.17) is 11.6 Å². The van der Waals surface area contributed by atoms with Crippen molar-refractivity contribution in [2.45, 2.75) is 10.6 Å². The quantitative estimate of drug-likeness (QED) is 0.922. The molecular weight excluding hydrogens is 260 g/mol. The Kier molecular flexibility index (Phi) is 3.49. The van der Waals surface area contributed by atoms with Gasteiger partial charge in [-0.15, -0.1) is 0 Å². The molecule has 0 saturated carbocycles. The van der Waals surface area contributed by atoms with Crippen LogP contribution >= 0.6 is 11.6 Å². The highest BCUT2D eigenvalue weighted by atomic mass is 35.5. The fourth-order valence-corrected chi connectivity index (χ4v) is 2.60. The number of aryl methyl sites for hydroxylation is 1. The molecule has 0 bridgehead atoms. The molecule has 0 saturated heterocycles. The van der Waals surface area contributed by atoms with Gasteiger partial charge in [-0.2, -0.15) is 0 Å². The summed E-state index contributed by atoms with van der Waals surface area (Å²) < 4.78 is 13.3. The second-order valence-corrected chi connectivity index (χ2v) is 5.51. The molecule has 1 N–H and O–H groups in total. The Morgan fingerprint density at radius 1 is 1.35 bits per heavy atom. The molecular formula is C11H11ClN2O2S. The van der Waals surface area contributed by atoms with Gasteiger partial charge in [0, 0.05) is 23.0 Å². The maximum Gasteiger partial charge on any atom is 0.266 e. The lowest BCUT2D eigenvalue weighted by Crippen LogP contribution is -2.09. The highest BCUT2D eigenvalue weighted by Crippen LogP contribution is 2.14. The topological polar surface area (TPSA) is 54.9 Å². The minimum atomic E-state index is -1.18. The number of halogens is 1. The highest BCUT2D eigenvalue weighted by molar-refractivity contribution is 7.84. The molecule has 90 valence electrons. The molecule has 4 nitrogen and oxygen atoms in total. The molecule has 0 radical (unpaired) electrons. The number of nitrogens with zero attached hydrogens (tertiary/aromatic N) is 1. The minimum absolute atomic E-state index is 0.131. The van der Waals surface area contributed by atoms with Gasteiger partial charge in [0.2, 0.25) is 0 Å². The van der Waals surface area contributed by atoms with Crippen molar-refractivity contribution in [1.29, 1.82) is 0 Å². The van der Waals surface area contributed by atoms with Crippen molar-refractivity contribution in [3.63, 3.8) is 0 Å². The first-order chi connectivity index (χ1) is 8.06. The van der Waals surface area contributed by atoms with Gasteiger partial charge in [-0.05, 0) is 24.3 Å². The molecule has 0 aliphatic rings. The monoisotopic (exact) mass is 270 g/mol. The maximum atomic E-state index is 12.0. The number of hydrogen-bond donors (Lipinski definition) is 1. The van der Waals surface area contributed by atoms with Gasteiger partial charge in [0.25, 0.3) is 5.56 Å². The standard InChI is InChI=1S/C11H11ClN2O2S/c1-14-11(15)6-9(13-14)7-17(16)10-4-2-8(12)3-5-10/h2-6,13H,7H2,1H3. The summed E-state index contributed by atoms with van der Waals surface area (Å²) in [6.45, 7) is 0. The van der Waals surface area contributed by atoms with Gasteiger partial charge in [-0.1, -0.05) is 11.6 Å². The third-order valence-electron chi connectivity index (χ3n) is 2.30. The van der Waals surface area contributed by atoms with Crippen LogP contribution in [-0.4, -0.2) is 14.0 Å². The van der Waals surface area contributed by atoms with Crippen molar-refractivity contribution in [3.8, 4) is 0 Å². The number of aromatic nitrogens is 2. The van der Waals surface area contributed by atoms with Crippen LogP contribution in [0.3, 0.4) is 0 Å². The smallest absolute Gasteiger partial charge is 0.266 e. The number of benzene rings is 1. The van der Waals surface area contributed by atoms with E-state index in [0.717, 1.165) is 0 Å². The Labute approximate surface area is 106 Å². The van der Waals surface area contributed by atoms with Crippen molar-refractivity contribution >= 4 is 22.4 Å². The van der Waals surface area contributed by atoms with Gasteiger partial charge in [0.1, 0.15) is 0 Å². The van der Waals surface area contributed by atoms with E-state index in [1.807, 2.05) is 0 Å². The highest BCUT2D eigenvalue weighted by Gasteiger charge is 2.07. The van der Waals surface area contributed by atoms with E-state index in [0.29, 0.717) is 15.6 Å². The van der Waals surface area contributed by atoms with E-state index in [9.17, 15) is 9.00 Å². The molecule has 6 heteroatoms. The normalized spacial score (nSPS) is 12.6. The Morgan fingerprint density at radius 2 is 2.00 bits per heavy atom. The van der Waals surface area contributed by atoms with Crippen LogP contribution in [0, 0.1) is 0 Å². The largest absolute Gasteiger partial charge is 0.299 e. The minimum Gasteiger partial charge on any atom is -0.299 e. The third kappa shape index (κ3) is 2.87. The first-order valence-corrected chi connectivity index (χ1v) is 6.65. The number of nitrogens with one attached hydrogen (secondary N) is 1. The van der Waals surface area contributed by atoms with E-state index < -0.39 is 10.8 Å². The van der Waals surface area contributed by atoms with Crippen LogP contribution in [0.15, 0.2) is 40.0 Å². The number of rotatable bonds is 3. The first kappa shape index (κ1) is 12.1. The molecule has 1 aromatic heterocycles. The molecule has 0 spiro atoms. The second kappa shape index (κ2) is 4.89. The Bertz CT molecular complexity index is 601. The predicted molar refractivity (Wildman–Crippen MR) is 67.6 cm³/mol. The van der Waals surface area contributed by atoms with Gasteiger partial charge in [0.05, 0.1) is 22.2 Å². The van der Waals surface area contributed by atoms with Crippen LogP contribution in [-0.2, 0) is 23.6 Å². The molecule has 1 aromatic carbocycles. The molecule has 1 unspecified atom stereocenters. The van der Waals surface area contributed by atoms with Crippen LogP contribution in [0.5, 0.6) is 0 Å². The SMILES string of the molecule is Cn1[nH]c(CS(=O)c2ccc(Cl)cc2)cc1=O. The zero-order valence-corrected chi connectivity index (χ0v) is 10.7. The van der Waals surface area contributed by atoms with Crippen LogP contribution in [0.1, 0.15) is 5.69 Å². The molecule has 0 aliphatic heterocycles. The van der Waals surface area contributed by atoms with Crippen molar-refractivity contribution in [1.82, 2.24) is 9.78 Å². The second-order valence-electron chi connectivity index (χ2n) is 3.62. The van der Waals surface area contributed by atoms with Crippen LogP contribution in [0.25, 0.3) is 0 Å². The molecule has 0 aliphatic carbocycles. The molecule has 1 heterocycles. The lowest BCUT2D eigenvalue weighted by Gasteiger charge is -2.00. The fourth-order valence-electron chi connectivity index (χ4n) is 1.43. The predicted octanol–water partition coefficient (Wildman–Crippen LogP) is 1.67. The Morgan fingerprint density at radius 3 is 2.53 bits per heavy atom. The van der Waals surface area contributed by atoms with Gasteiger partial charge < -0.3 is 0 Å². The molecule has 0 amide bonds. The van der Waals surface area contributed by atoms with Crippen molar-refractivity contribution in [3.05, 3.63) is 51.4 Å². The number of H-pyrrole nitrogens is 1. The van der Waals surface area contributed by atoms with E-state index in [1.54, 1.807) is 31.3 Å². The lowest BCUT2D eigenvalue weighted by molar-refractivity contribution is 0.680. The lowest BCUT2D eigenvalue weighted by atomic mass is 10.4. The van der Waals surface area contributed by atoms with E-state index in [2.05, 4.69) is 5.10 Å². The summed E-state index contributed by atoms with van der Waals surface area (Å²) in [5.74, 6) is 0.289. The summed E-state index contributed by atoms with van der Waals surface area (Å²) in [6.07, 6.45) is 0. The Balaban J connectivity index is 2.16. The molecule has 17 heavy (non-hydrogen) atoms. The van der Waals surface area contributed by atoms with Crippen molar-refractivity contribution in [2.75, 3.05) is 0 Å². The summed E-state index contributed by atoms with van der Waals surface area (Å²) in [4.78, 5) is 11.9. The third-order valence-corrected chi connectivity index (χ3v) is 3.93. The van der Waals surface area contributed by atoms with E-state index in [-0.39, 0.29) is 11.3 Å². The zero-order valence-electron chi connectivity index (χ0n) is 9.14. The first-order valence-electron chi connectivity index (χ1n) is 4.95. The summed E-state index contributed by atoms with van der Waals surface area (Å²) in [5, 5.41) is 3.45. The summed E-state index contributed by atoms with van der Waals surface area (Å²) >= 11 is 5.75. The van der Waals surface area contributed by atoms with Gasteiger partial charge >= 0.3 is 0 Å². The fraction of sp³-hybridized carbons (Fsp3) is 0.182. The van der Waals surface area contributed by atoms with Gasteiger partial charge in [-0.3, -0.25) is 18.8 Å². The van der Waals surface area contributed by atoms with E-state index >= 15 is 0 Å². The van der Waals surface area contributed by atoms with Crippen LogP contribution < -0.4 is 5.56 Å². The molecule has 2 rings (SSSR count). The van der Waals surface area contributed by atoms with Crippen molar-refractivity contribution < 1.29 is 4.21 Å². The summed E-state index contributed by atoms with van der Waals surface area (Å²) in [6, 6.07) is 8.29. The average Bonchev–Trinajstić information content (AvgIpc) is 2.58. The van der Waals surface area contributed by atoms with Gasteiger partial charge in [-0.25, -0.2) is 0 Å². The summed E-state index contributed by atoms with van der Waals surface area (Å²) in [5.41, 5.74) is 0.527. The number of hydrogen-bond acceptors (Lipinski definition) is 2. The van der Waals surface area contributed by atoms with Crippen LogP contribution in [0.4, 0.5) is 0 Å². The zero-order chi connectivity index (χ0) is 12.4. The molecule has 2 aromatic rings. The van der Waals surface area contributed by atoms with Crippen molar-refractivity contribution in [2.24, 2.45) is 7.05 Å². The Hall–Kier alpha value is -1.33. The van der Waals surface area contributed by atoms with E-state index in [1.165, 1.54) is 10.7 Å². The molecule has 0 fully saturated rings. The maximum absolute atomic E-state index is 12.0. The number of aromatic amines is 1. The van der Waals surface area contributed by atoms with Gasteiger partial charge in [0.15, 0.2) is 0 Å². The van der Waals surface area contributed by atoms with Crippen LogP contribution in [0.2, 0.25) is 5.02 Å². The average molecular weight is 271 g/mol. The molecule has 1 atom stereocenters.